The van der Waals surface area contributed by atoms with Crippen molar-refractivity contribution < 1.29 is 14.3 Å². The van der Waals surface area contributed by atoms with E-state index in [1.807, 2.05) is 38.1 Å². The molecule has 0 spiro atoms. The lowest BCUT2D eigenvalue weighted by Gasteiger charge is -2.13. The van der Waals surface area contributed by atoms with Gasteiger partial charge in [0.1, 0.15) is 10.8 Å². The number of thiocarbonyl (C=S) groups is 1. The molecule has 0 atom stereocenters. The van der Waals surface area contributed by atoms with Gasteiger partial charge in [-0.05, 0) is 37.2 Å². The highest BCUT2D eigenvalue weighted by Crippen LogP contribution is 2.34. The summed E-state index contributed by atoms with van der Waals surface area (Å²) in [7, 11) is 3.02. The van der Waals surface area contributed by atoms with Crippen LogP contribution in [0.3, 0.4) is 0 Å². The Labute approximate surface area is 157 Å². The summed E-state index contributed by atoms with van der Waals surface area (Å²) in [4.78, 5) is 13.2. The predicted octanol–water partition coefficient (Wildman–Crippen LogP) is 3.90. The highest BCUT2D eigenvalue weighted by Gasteiger charge is 2.22. The Morgan fingerprint density at radius 1 is 1.28 bits per heavy atom. The van der Waals surface area contributed by atoms with Gasteiger partial charge >= 0.3 is 5.97 Å². The minimum atomic E-state index is -0.351. The Hall–Kier alpha value is -2.12. The zero-order valence-corrected chi connectivity index (χ0v) is 16.4. The Morgan fingerprint density at radius 2 is 2.00 bits per heavy atom. The van der Waals surface area contributed by atoms with Crippen LogP contribution in [-0.4, -0.2) is 25.3 Å². The number of nitrogens with one attached hydrogen (secondary N) is 2. The van der Waals surface area contributed by atoms with Crippen molar-refractivity contribution in [2.45, 2.75) is 26.8 Å². The van der Waals surface area contributed by atoms with Gasteiger partial charge < -0.3 is 20.1 Å². The molecule has 134 valence electrons. The molecule has 0 fully saturated rings. The van der Waals surface area contributed by atoms with E-state index in [1.165, 1.54) is 18.4 Å². The number of hydrogen-bond acceptors (Lipinski definition) is 5. The monoisotopic (exact) mass is 378 g/mol. The molecule has 5 nitrogen and oxygen atoms in total. The molecule has 0 saturated carbocycles. The van der Waals surface area contributed by atoms with Crippen LogP contribution in [0.5, 0.6) is 5.75 Å². The van der Waals surface area contributed by atoms with Gasteiger partial charge in [-0.3, -0.25) is 0 Å². The molecule has 0 unspecified atom stereocenters. The van der Waals surface area contributed by atoms with Crippen LogP contribution in [0, 0.1) is 6.92 Å². The first-order valence-corrected chi connectivity index (χ1v) is 9.11. The Balaban J connectivity index is 2.11. The maximum atomic E-state index is 12.1. The maximum absolute atomic E-state index is 12.1. The lowest BCUT2D eigenvalue weighted by atomic mass is 10.1. The lowest BCUT2D eigenvalue weighted by Crippen LogP contribution is -2.28. The third-order valence-electron chi connectivity index (χ3n) is 3.81. The van der Waals surface area contributed by atoms with Crippen LogP contribution in [-0.2, 0) is 17.7 Å². The normalized spacial score (nSPS) is 10.2. The van der Waals surface area contributed by atoms with E-state index in [4.69, 9.17) is 21.7 Å². The number of carbonyl (C=O) groups excluding carboxylic acids is 1. The quantitative estimate of drug-likeness (QED) is 0.587. The zero-order valence-electron chi connectivity index (χ0n) is 14.8. The van der Waals surface area contributed by atoms with E-state index in [0.29, 0.717) is 22.2 Å². The molecule has 25 heavy (non-hydrogen) atoms. The van der Waals surface area contributed by atoms with E-state index in [1.54, 1.807) is 7.11 Å². The van der Waals surface area contributed by atoms with Gasteiger partial charge in [-0.1, -0.05) is 25.1 Å². The van der Waals surface area contributed by atoms with Crippen molar-refractivity contribution >= 4 is 39.6 Å². The molecule has 0 aliphatic carbocycles. The molecule has 7 heteroatoms. The summed E-state index contributed by atoms with van der Waals surface area (Å²) < 4.78 is 10.3. The van der Waals surface area contributed by atoms with Crippen molar-refractivity contribution in [1.29, 1.82) is 0 Å². The average Bonchev–Trinajstić information content (AvgIpc) is 2.94. The van der Waals surface area contributed by atoms with Gasteiger partial charge in [0.05, 0.1) is 19.8 Å². The van der Waals surface area contributed by atoms with Crippen LogP contribution in [0.2, 0.25) is 0 Å². The molecular weight excluding hydrogens is 356 g/mol. The SMILES string of the molecule is CCc1c(C)sc(NC(=S)NCc2ccccc2OC)c1C(=O)OC. The number of methoxy groups -OCH3 is 2. The zero-order chi connectivity index (χ0) is 18.4. The summed E-state index contributed by atoms with van der Waals surface area (Å²) >= 11 is 6.88. The largest absolute Gasteiger partial charge is 0.496 e. The Bertz CT molecular complexity index is 772. The van der Waals surface area contributed by atoms with Crippen LogP contribution in [0.25, 0.3) is 0 Å². The van der Waals surface area contributed by atoms with Gasteiger partial charge in [0.2, 0.25) is 0 Å². The molecule has 0 amide bonds. The second-order valence-electron chi connectivity index (χ2n) is 5.31. The van der Waals surface area contributed by atoms with Gasteiger partial charge in [0, 0.05) is 17.0 Å². The van der Waals surface area contributed by atoms with Crippen LogP contribution >= 0.6 is 23.6 Å². The highest BCUT2D eigenvalue weighted by atomic mass is 32.1. The van der Waals surface area contributed by atoms with Crippen molar-refractivity contribution in [3.05, 3.63) is 45.8 Å². The van der Waals surface area contributed by atoms with Gasteiger partial charge in [-0.15, -0.1) is 11.3 Å². The number of thiophene rings is 1. The fraction of sp³-hybridized carbons (Fsp3) is 0.333. The summed E-state index contributed by atoms with van der Waals surface area (Å²) in [6, 6.07) is 7.74. The number of esters is 1. The summed E-state index contributed by atoms with van der Waals surface area (Å²) in [5.74, 6) is 0.449. The van der Waals surface area contributed by atoms with Crippen molar-refractivity contribution in [2.75, 3.05) is 19.5 Å². The topological polar surface area (TPSA) is 59.6 Å². The number of para-hydroxylation sites is 1. The first kappa shape index (κ1) is 19.2. The molecule has 0 radical (unpaired) electrons. The minimum absolute atomic E-state index is 0.351. The molecule has 2 rings (SSSR count). The minimum Gasteiger partial charge on any atom is -0.496 e. The number of hydrogen-bond donors (Lipinski definition) is 2. The first-order valence-electron chi connectivity index (χ1n) is 7.89. The summed E-state index contributed by atoms with van der Waals surface area (Å²) in [5.41, 5.74) is 2.56. The Kier molecular flexibility index (Phi) is 6.78. The summed E-state index contributed by atoms with van der Waals surface area (Å²) in [5, 5.41) is 7.43. The third kappa shape index (κ3) is 4.49. The number of ether oxygens (including phenoxy) is 2. The number of carbonyl (C=O) groups is 1. The smallest absolute Gasteiger partial charge is 0.341 e. The second kappa shape index (κ2) is 8.82. The summed E-state index contributed by atoms with van der Waals surface area (Å²) in [6.45, 7) is 4.53. The van der Waals surface area contributed by atoms with E-state index in [0.717, 1.165) is 28.2 Å². The molecule has 1 heterocycles. The Morgan fingerprint density at radius 3 is 2.64 bits per heavy atom. The lowest BCUT2D eigenvalue weighted by molar-refractivity contribution is 0.0601. The highest BCUT2D eigenvalue weighted by molar-refractivity contribution is 7.80. The molecule has 2 N–H and O–H groups in total. The average molecular weight is 379 g/mol. The van der Waals surface area contributed by atoms with Crippen molar-refractivity contribution in [3.63, 3.8) is 0 Å². The molecule has 0 aliphatic rings. The van der Waals surface area contributed by atoms with Crippen LogP contribution in [0.1, 0.15) is 33.3 Å². The molecular formula is C18H22N2O3S2. The van der Waals surface area contributed by atoms with E-state index >= 15 is 0 Å². The van der Waals surface area contributed by atoms with Crippen molar-refractivity contribution in [3.8, 4) is 5.75 Å². The fourth-order valence-corrected chi connectivity index (χ4v) is 3.96. The van der Waals surface area contributed by atoms with Crippen LogP contribution < -0.4 is 15.4 Å². The number of rotatable bonds is 6. The van der Waals surface area contributed by atoms with Gasteiger partial charge in [0.15, 0.2) is 5.11 Å². The third-order valence-corrected chi connectivity index (χ3v) is 5.12. The molecule has 2 aromatic rings. The standard InChI is InChI=1S/C18H22N2O3S2/c1-5-13-11(2)25-16(15(13)17(21)23-4)20-18(24)19-10-12-8-6-7-9-14(12)22-3/h6-9H,5,10H2,1-4H3,(H2,19,20,24). The molecule has 1 aromatic heterocycles. The first-order chi connectivity index (χ1) is 12.0. The number of aryl methyl sites for hydroxylation is 1. The number of anilines is 1. The fourth-order valence-electron chi connectivity index (χ4n) is 2.58. The van der Waals surface area contributed by atoms with Gasteiger partial charge in [-0.25, -0.2) is 4.79 Å². The molecule has 0 aliphatic heterocycles. The molecule has 1 aromatic carbocycles. The van der Waals surface area contributed by atoms with E-state index in [2.05, 4.69) is 10.6 Å². The van der Waals surface area contributed by atoms with E-state index < -0.39 is 0 Å². The second-order valence-corrected chi connectivity index (χ2v) is 6.94. The van der Waals surface area contributed by atoms with Crippen molar-refractivity contribution in [1.82, 2.24) is 5.32 Å². The van der Waals surface area contributed by atoms with Gasteiger partial charge in [-0.2, -0.15) is 0 Å². The maximum Gasteiger partial charge on any atom is 0.341 e. The van der Waals surface area contributed by atoms with Crippen molar-refractivity contribution in [2.24, 2.45) is 0 Å². The number of benzene rings is 1. The van der Waals surface area contributed by atoms with Gasteiger partial charge in [0.25, 0.3) is 0 Å². The summed E-state index contributed by atoms with van der Waals surface area (Å²) in [6.07, 6.45) is 0.760. The van der Waals surface area contributed by atoms with Crippen LogP contribution in [0.15, 0.2) is 24.3 Å². The predicted molar refractivity (Wildman–Crippen MR) is 106 cm³/mol. The van der Waals surface area contributed by atoms with E-state index in [9.17, 15) is 4.79 Å². The van der Waals surface area contributed by atoms with E-state index in [-0.39, 0.29) is 5.97 Å². The molecule has 0 saturated heterocycles. The van der Waals surface area contributed by atoms with Crippen LogP contribution in [0.4, 0.5) is 5.00 Å². The molecule has 0 bridgehead atoms.